The molecule has 1 fully saturated rings. The minimum Gasteiger partial charge on any atom is -0.491 e. The number of likely N-dealkylation sites (tertiary alicyclic amines) is 1. The molecule has 4 heterocycles. The molecule has 34 heavy (non-hydrogen) atoms. The number of aromatic nitrogens is 2. The number of aliphatic imine (C=N–C) groups is 2. The average molecular weight is 466 g/mol. The monoisotopic (exact) mass is 465 g/mol. The summed E-state index contributed by atoms with van der Waals surface area (Å²) < 4.78 is 11.6. The third kappa shape index (κ3) is 4.44. The van der Waals surface area contributed by atoms with Gasteiger partial charge in [-0.05, 0) is 38.1 Å². The first-order valence-electron chi connectivity index (χ1n) is 11.4. The second kappa shape index (κ2) is 9.74. The van der Waals surface area contributed by atoms with Gasteiger partial charge in [-0.2, -0.15) is 0 Å². The Morgan fingerprint density at radius 3 is 2.76 bits per heavy atom. The molecule has 0 aliphatic carbocycles. The Morgan fingerprint density at radius 1 is 1.21 bits per heavy atom. The predicted octanol–water partition coefficient (Wildman–Crippen LogP) is 0.814. The predicted molar refractivity (Wildman–Crippen MR) is 125 cm³/mol. The normalized spacial score (nSPS) is 18.0. The van der Waals surface area contributed by atoms with E-state index in [2.05, 4.69) is 25.2 Å². The van der Waals surface area contributed by atoms with Gasteiger partial charge in [0.15, 0.2) is 11.5 Å². The van der Waals surface area contributed by atoms with Crippen LogP contribution in [0.2, 0.25) is 0 Å². The second-order valence-corrected chi connectivity index (χ2v) is 8.34. The zero-order valence-corrected chi connectivity index (χ0v) is 19.0. The van der Waals surface area contributed by atoms with E-state index in [-0.39, 0.29) is 12.5 Å². The number of amidine groups is 1. The number of carbonyl (C=O) groups excluding carboxylic acids is 1. The van der Waals surface area contributed by atoms with E-state index in [1.807, 2.05) is 11.0 Å². The van der Waals surface area contributed by atoms with Gasteiger partial charge in [0.25, 0.3) is 5.91 Å². The van der Waals surface area contributed by atoms with Crippen molar-refractivity contribution in [1.82, 2.24) is 25.1 Å². The summed E-state index contributed by atoms with van der Waals surface area (Å²) in [4.78, 5) is 33.9. The van der Waals surface area contributed by atoms with Crippen LogP contribution in [0.3, 0.4) is 0 Å². The number of hydrogen-bond acceptors (Lipinski definition) is 10. The Balaban J connectivity index is 1.39. The minimum absolute atomic E-state index is 0.139. The Hall–Kier alpha value is -3.57. The molecule has 2 aromatic rings. The number of nitrogens with one attached hydrogen (secondary N) is 1. The van der Waals surface area contributed by atoms with Crippen molar-refractivity contribution in [2.24, 2.45) is 9.98 Å². The van der Waals surface area contributed by atoms with Gasteiger partial charge in [0.1, 0.15) is 30.6 Å². The lowest BCUT2D eigenvalue weighted by molar-refractivity contribution is 0.0747. The number of aliphatic hydroxyl groups is 1. The summed E-state index contributed by atoms with van der Waals surface area (Å²) in [7, 11) is 1.54. The first-order valence-corrected chi connectivity index (χ1v) is 11.4. The number of amides is 1. The number of fused-ring (bicyclic) bond motifs is 3. The van der Waals surface area contributed by atoms with E-state index < -0.39 is 6.10 Å². The lowest BCUT2D eigenvalue weighted by Gasteiger charge is -2.28. The van der Waals surface area contributed by atoms with Crippen molar-refractivity contribution in [1.29, 1.82) is 0 Å². The summed E-state index contributed by atoms with van der Waals surface area (Å²) in [5, 5.41) is 13.3. The highest BCUT2D eigenvalue weighted by Gasteiger charge is 2.33. The first-order chi connectivity index (χ1) is 16.6. The summed E-state index contributed by atoms with van der Waals surface area (Å²) in [6.07, 6.45) is 5.98. The van der Waals surface area contributed by atoms with E-state index in [1.54, 1.807) is 13.2 Å². The number of aliphatic hydroxyl groups excluding tert-OH is 1. The van der Waals surface area contributed by atoms with Crippen LogP contribution in [0.15, 0.2) is 40.8 Å². The molecule has 0 bridgehead atoms. The lowest BCUT2D eigenvalue weighted by Crippen LogP contribution is -2.47. The maximum atomic E-state index is 12.7. The van der Waals surface area contributed by atoms with Crippen LogP contribution < -0.4 is 14.8 Å². The van der Waals surface area contributed by atoms with Crippen molar-refractivity contribution in [3.8, 4) is 11.5 Å². The molecule has 1 aromatic carbocycles. The van der Waals surface area contributed by atoms with Crippen LogP contribution in [0.1, 0.15) is 28.8 Å². The van der Waals surface area contributed by atoms with Crippen molar-refractivity contribution >= 4 is 23.4 Å². The third-order valence-corrected chi connectivity index (χ3v) is 6.00. The zero-order valence-electron chi connectivity index (χ0n) is 19.0. The van der Waals surface area contributed by atoms with Crippen molar-refractivity contribution in [2.75, 3.05) is 46.4 Å². The number of guanidine groups is 1. The first kappa shape index (κ1) is 22.2. The minimum atomic E-state index is -0.611. The molecule has 0 radical (unpaired) electrons. The highest BCUT2D eigenvalue weighted by molar-refractivity contribution is 6.20. The van der Waals surface area contributed by atoms with Gasteiger partial charge in [-0.15, -0.1) is 0 Å². The fraction of sp³-hybridized carbons (Fsp3) is 0.435. The molecular weight excluding hydrogens is 438 g/mol. The van der Waals surface area contributed by atoms with Crippen molar-refractivity contribution in [3.63, 3.8) is 0 Å². The fourth-order valence-electron chi connectivity index (χ4n) is 4.39. The van der Waals surface area contributed by atoms with E-state index >= 15 is 0 Å². The van der Waals surface area contributed by atoms with Crippen LogP contribution in [0.5, 0.6) is 11.5 Å². The third-order valence-electron chi connectivity index (χ3n) is 6.00. The smallest absolute Gasteiger partial charge is 0.261 e. The van der Waals surface area contributed by atoms with Gasteiger partial charge < -0.3 is 19.5 Å². The number of hydrogen-bond donors (Lipinski definition) is 2. The Labute approximate surface area is 197 Å². The van der Waals surface area contributed by atoms with E-state index in [9.17, 15) is 9.90 Å². The number of ether oxygens (including phenoxy) is 2. The standard InChI is InChI=1S/C23H27N7O4/c1-33-20-18(34-13-16(31)12-29-7-2-3-8-29)5-4-17-19(20)27-23(30-9-6-26-21(17)30)28-22(32)15-10-24-14-25-11-15/h4-5,10-11,14,16,31H,2-3,6-9,12-13H2,1H3,(H,27,28,32)/t16-/m0/s1. The van der Waals surface area contributed by atoms with Crippen molar-refractivity contribution < 1.29 is 19.4 Å². The van der Waals surface area contributed by atoms with Crippen LogP contribution >= 0.6 is 0 Å². The quantitative estimate of drug-likeness (QED) is 0.616. The molecular formula is C23H27N7O4. The van der Waals surface area contributed by atoms with Gasteiger partial charge in [-0.1, -0.05) is 0 Å². The van der Waals surface area contributed by atoms with Gasteiger partial charge in [0.2, 0.25) is 5.96 Å². The van der Waals surface area contributed by atoms with Gasteiger partial charge in [0, 0.05) is 31.0 Å². The molecule has 0 saturated carbocycles. The molecule has 1 saturated heterocycles. The van der Waals surface area contributed by atoms with E-state index in [4.69, 9.17) is 14.5 Å². The highest BCUT2D eigenvalue weighted by Crippen LogP contribution is 2.43. The molecule has 0 spiro atoms. The lowest BCUT2D eigenvalue weighted by atomic mass is 10.1. The summed E-state index contributed by atoms with van der Waals surface area (Å²) in [6.45, 7) is 3.92. The second-order valence-electron chi connectivity index (χ2n) is 8.34. The summed E-state index contributed by atoms with van der Waals surface area (Å²) in [5.41, 5.74) is 1.63. The summed E-state index contributed by atoms with van der Waals surface area (Å²) >= 11 is 0. The van der Waals surface area contributed by atoms with Crippen LogP contribution in [0, 0.1) is 0 Å². The average Bonchev–Trinajstić information content (AvgIpc) is 3.55. The van der Waals surface area contributed by atoms with Crippen LogP contribution in [-0.2, 0) is 0 Å². The molecule has 11 nitrogen and oxygen atoms in total. The number of methoxy groups -OCH3 is 1. The zero-order chi connectivity index (χ0) is 23.5. The molecule has 1 aromatic heterocycles. The van der Waals surface area contributed by atoms with Gasteiger partial charge >= 0.3 is 0 Å². The van der Waals surface area contributed by atoms with Gasteiger partial charge in [-0.25, -0.2) is 15.0 Å². The Morgan fingerprint density at radius 2 is 2.00 bits per heavy atom. The van der Waals surface area contributed by atoms with E-state index in [1.165, 1.54) is 31.6 Å². The van der Waals surface area contributed by atoms with Gasteiger partial charge in [0.05, 0.1) is 19.2 Å². The van der Waals surface area contributed by atoms with Crippen molar-refractivity contribution in [3.05, 3.63) is 42.0 Å². The molecule has 1 atom stereocenters. The molecule has 2 N–H and O–H groups in total. The summed E-state index contributed by atoms with van der Waals surface area (Å²) in [6, 6.07) is 3.68. The molecule has 1 amide bonds. The Kier molecular flexibility index (Phi) is 6.37. The summed E-state index contributed by atoms with van der Waals surface area (Å²) in [5.74, 6) is 1.59. The number of benzene rings is 1. The Bertz CT molecular complexity index is 1120. The van der Waals surface area contributed by atoms with Crippen molar-refractivity contribution in [2.45, 2.75) is 18.9 Å². The van der Waals surface area contributed by atoms with Gasteiger partial charge in [-0.3, -0.25) is 20.0 Å². The highest BCUT2D eigenvalue weighted by atomic mass is 16.5. The molecule has 3 aliphatic heterocycles. The number of β-amino-alcohol motifs (C(OH)–C–C–N with tert-alkyl or cyclic N) is 1. The van der Waals surface area contributed by atoms with Crippen LogP contribution in [-0.4, -0.2) is 95.1 Å². The maximum Gasteiger partial charge on any atom is 0.261 e. The fourth-order valence-corrected chi connectivity index (χ4v) is 4.39. The SMILES string of the molecule is COc1c(OC[C@@H](O)CN2CCCC2)ccc2c1N=C(NC(=O)c1cncnc1)N1CCN=C21. The number of rotatable bonds is 7. The molecule has 5 rings (SSSR count). The maximum absolute atomic E-state index is 12.7. The largest absolute Gasteiger partial charge is 0.491 e. The van der Waals surface area contributed by atoms with Crippen LogP contribution in [0.25, 0.3) is 0 Å². The molecule has 3 aliphatic rings. The van der Waals surface area contributed by atoms with E-state index in [0.29, 0.717) is 54.2 Å². The van der Waals surface area contributed by atoms with Crippen LogP contribution in [0.4, 0.5) is 5.69 Å². The molecule has 11 heteroatoms. The molecule has 0 unspecified atom stereocenters. The molecule has 178 valence electrons. The number of carbonyl (C=O) groups is 1. The topological polar surface area (TPSA) is 125 Å². The van der Waals surface area contributed by atoms with E-state index in [0.717, 1.165) is 18.7 Å². The number of nitrogens with zero attached hydrogens (tertiary/aromatic N) is 6.